The largest absolute Gasteiger partial charge is 0.318 e. The van der Waals surface area contributed by atoms with Gasteiger partial charge in [-0.05, 0) is 49.7 Å². The molecule has 1 heterocycles. The van der Waals surface area contributed by atoms with Crippen LogP contribution in [0.25, 0.3) is 17.1 Å². The lowest BCUT2D eigenvalue weighted by Gasteiger charge is -2.09. The summed E-state index contributed by atoms with van der Waals surface area (Å²) in [6.45, 7) is 3.95. The summed E-state index contributed by atoms with van der Waals surface area (Å²) < 4.78 is 1.63. The third-order valence-electron chi connectivity index (χ3n) is 4.70. The average Bonchev–Trinajstić information content (AvgIpc) is 3.18. The summed E-state index contributed by atoms with van der Waals surface area (Å²) in [7, 11) is 0. The molecule has 0 saturated heterocycles. The Kier molecular flexibility index (Phi) is 6.01. The zero-order chi connectivity index (χ0) is 22.1. The second-order valence-electron chi connectivity index (χ2n) is 7.05. The first kappa shape index (κ1) is 21.4. The molecule has 0 aliphatic carbocycles. The van der Waals surface area contributed by atoms with Crippen LogP contribution in [0.3, 0.4) is 0 Å². The molecule has 0 bridgehead atoms. The summed E-state index contributed by atoms with van der Waals surface area (Å²) in [5, 5.41) is 8.59. The third kappa shape index (κ3) is 4.59. The molecular weight excluding hydrogens is 455 g/mol. The lowest BCUT2D eigenvalue weighted by Crippen LogP contribution is -2.14. The molecule has 0 fully saturated rings. The highest BCUT2D eigenvalue weighted by Crippen LogP contribution is 2.28. The van der Waals surface area contributed by atoms with E-state index >= 15 is 0 Å². The maximum atomic E-state index is 12.9. The van der Waals surface area contributed by atoms with Crippen molar-refractivity contribution < 1.29 is 4.79 Å². The van der Waals surface area contributed by atoms with E-state index in [4.69, 9.17) is 34.8 Å². The minimum atomic E-state index is -0.490. The van der Waals surface area contributed by atoms with Gasteiger partial charge < -0.3 is 5.32 Å². The number of carbonyl (C=O) groups is 1. The number of anilines is 1. The van der Waals surface area contributed by atoms with E-state index in [-0.39, 0.29) is 5.82 Å². The minimum absolute atomic E-state index is 0.000896. The van der Waals surface area contributed by atoms with Crippen LogP contribution >= 0.6 is 34.8 Å². The molecule has 8 heteroatoms. The van der Waals surface area contributed by atoms with Crippen molar-refractivity contribution in [3.05, 3.63) is 92.7 Å². The Morgan fingerprint density at radius 3 is 2.29 bits per heavy atom. The second kappa shape index (κ2) is 8.71. The number of hydrogen-bond acceptors (Lipinski definition) is 3. The molecule has 31 heavy (non-hydrogen) atoms. The van der Waals surface area contributed by atoms with Crippen LogP contribution in [-0.4, -0.2) is 20.7 Å². The SMILES string of the molecule is Cc1ccc(-c2nc(C(=O)Nc3ccc(Cl)cc3Cl)nn2-c2cc(Cl)ccc2C)cc1. The molecule has 0 unspecified atom stereocenters. The van der Waals surface area contributed by atoms with Crippen LogP contribution in [0.15, 0.2) is 60.7 Å². The highest BCUT2D eigenvalue weighted by Gasteiger charge is 2.20. The zero-order valence-electron chi connectivity index (χ0n) is 16.7. The van der Waals surface area contributed by atoms with E-state index in [9.17, 15) is 4.79 Å². The fourth-order valence-electron chi connectivity index (χ4n) is 3.05. The van der Waals surface area contributed by atoms with Crippen LogP contribution in [-0.2, 0) is 0 Å². The number of nitrogens with zero attached hydrogens (tertiary/aromatic N) is 3. The van der Waals surface area contributed by atoms with Crippen molar-refractivity contribution in [3.8, 4) is 17.1 Å². The number of halogens is 3. The lowest BCUT2D eigenvalue weighted by atomic mass is 10.1. The van der Waals surface area contributed by atoms with Gasteiger partial charge >= 0.3 is 0 Å². The Morgan fingerprint density at radius 2 is 1.58 bits per heavy atom. The zero-order valence-corrected chi connectivity index (χ0v) is 18.9. The summed E-state index contributed by atoms with van der Waals surface area (Å²) in [5.41, 5.74) is 4.03. The maximum absolute atomic E-state index is 12.9. The molecule has 0 aliphatic heterocycles. The molecule has 0 aliphatic rings. The first-order chi connectivity index (χ1) is 14.8. The number of aromatic nitrogens is 3. The van der Waals surface area contributed by atoms with Gasteiger partial charge in [-0.1, -0.05) is 70.7 Å². The van der Waals surface area contributed by atoms with Gasteiger partial charge in [0, 0.05) is 15.6 Å². The second-order valence-corrected chi connectivity index (χ2v) is 8.33. The number of hydrogen-bond donors (Lipinski definition) is 1. The summed E-state index contributed by atoms with van der Waals surface area (Å²) in [5.74, 6) is 0.0368. The molecule has 0 radical (unpaired) electrons. The van der Waals surface area contributed by atoms with Crippen LogP contribution in [0, 0.1) is 13.8 Å². The van der Waals surface area contributed by atoms with E-state index in [2.05, 4.69) is 15.4 Å². The van der Waals surface area contributed by atoms with Crippen LogP contribution in [0.1, 0.15) is 21.7 Å². The summed E-state index contributed by atoms with van der Waals surface area (Å²) >= 11 is 18.3. The molecular formula is C23H17Cl3N4O. The van der Waals surface area contributed by atoms with Crippen LogP contribution in [0.5, 0.6) is 0 Å². The number of carbonyl (C=O) groups excluding carboxylic acids is 1. The molecule has 1 N–H and O–H groups in total. The van der Waals surface area contributed by atoms with Crippen molar-refractivity contribution in [1.29, 1.82) is 0 Å². The fourth-order valence-corrected chi connectivity index (χ4v) is 3.67. The van der Waals surface area contributed by atoms with E-state index in [1.165, 1.54) is 0 Å². The predicted octanol–water partition coefficient (Wildman–Crippen LogP) is 6.76. The number of nitrogens with one attached hydrogen (secondary N) is 1. The Hall–Kier alpha value is -2.86. The van der Waals surface area contributed by atoms with Gasteiger partial charge in [-0.3, -0.25) is 4.79 Å². The van der Waals surface area contributed by atoms with E-state index in [0.29, 0.717) is 26.6 Å². The quantitative estimate of drug-likeness (QED) is 0.357. The van der Waals surface area contributed by atoms with Crippen LogP contribution in [0.4, 0.5) is 5.69 Å². The molecule has 3 aromatic carbocycles. The highest BCUT2D eigenvalue weighted by molar-refractivity contribution is 6.36. The molecule has 1 aromatic heterocycles. The van der Waals surface area contributed by atoms with Crippen LogP contribution in [0.2, 0.25) is 15.1 Å². The number of amides is 1. The molecule has 4 aromatic rings. The van der Waals surface area contributed by atoms with Gasteiger partial charge in [0.05, 0.1) is 16.4 Å². The van der Waals surface area contributed by atoms with E-state index in [0.717, 1.165) is 22.4 Å². The Balaban J connectivity index is 1.80. The normalized spacial score (nSPS) is 10.9. The van der Waals surface area contributed by atoms with Gasteiger partial charge in [-0.15, -0.1) is 5.10 Å². The Labute approximate surface area is 194 Å². The van der Waals surface area contributed by atoms with Crippen molar-refractivity contribution in [2.24, 2.45) is 0 Å². The molecule has 5 nitrogen and oxygen atoms in total. The van der Waals surface area contributed by atoms with Gasteiger partial charge in [0.2, 0.25) is 5.82 Å². The fraction of sp³-hybridized carbons (Fsp3) is 0.0870. The monoisotopic (exact) mass is 470 g/mol. The Morgan fingerprint density at radius 1 is 0.903 bits per heavy atom. The van der Waals surface area contributed by atoms with Gasteiger partial charge in [-0.25, -0.2) is 9.67 Å². The Bertz CT molecular complexity index is 1280. The topological polar surface area (TPSA) is 59.8 Å². The minimum Gasteiger partial charge on any atom is -0.318 e. The van der Waals surface area contributed by atoms with Gasteiger partial charge in [0.25, 0.3) is 5.91 Å². The molecule has 0 saturated carbocycles. The van der Waals surface area contributed by atoms with Gasteiger partial charge in [0.1, 0.15) is 0 Å². The first-order valence-electron chi connectivity index (χ1n) is 9.39. The van der Waals surface area contributed by atoms with Crippen molar-refractivity contribution >= 4 is 46.4 Å². The maximum Gasteiger partial charge on any atom is 0.295 e. The lowest BCUT2D eigenvalue weighted by molar-refractivity contribution is 0.101. The molecule has 0 spiro atoms. The number of aryl methyl sites for hydroxylation is 2. The highest BCUT2D eigenvalue weighted by atomic mass is 35.5. The smallest absolute Gasteiger partial charge is 0.295 e. The molecule has 0 atom stereocenters. The summed E-state index contributed by atoms with van der Waals surface area (Å²) in [6, 6.07) is 18.1. The van der Waals surface area contributed by atoms with Gasteiger partial charge in [0.15, 0.2) is 5.82 Å². The van der Waals surface area contributed by atoms with E-state index in [1.807, 2.05) is 44.2 Å². The molecule has 156 valence electrons. The van der Waals surface area contributed by atoms with Crippen molar-refractivity contribution in [2.45, 2.75) is 13.8 Å². The molecule has 1 amide bonds. The van der Waals surface area contributed by atoms with Crippen molar-refractivity contribution in [3.63, 3.8) is 0 Å². The van der Waals surface area contributed by atoms with Gasteiger partial charge in [-0.2, -0.15) is 0 Å². The van der Waals surface area contributed by atoms with Crippen LogP contribution < -0.4 is 5.32 Å². The first-order valence-corrected chi connectivity index (χ1v) is 10.5. The summed E-state index contributed by atoms with van der Waals surface area (Å²) in [4.78, 5) is 17.4. The van der Waals surface area contributed by atoms with E-state index < -0.39 is 5.91 Å². The standard InChI is InChI=1S/C23H17Cl3N4O/c1-13-3-6-15(7-4-13)22-28-21(23(31)27-19-10-9-16(24)11-18(19)26)29-30(22)20-12-17(25)8-5-14(20)2/h3-12H,1-2H3,(H,27,31). The van der Waals surface area contributed by atoms with Crippen molar-refractivity contribution in [2.75, 3.05) is 5.32 Å². The predicted molar refractivity (Wildman–Crippen MR) is 126 cm³/mol. The number of benzene rings is 3. The molecule has 4 rings (SSSR count). The summed E-state index contributed by atoms with van der Waals surface area (Å²) in [6.07, 6.45) is 0. The third-order valence-corrected chi connectivity index (χ3v) is 5.48. The van der Waals surface area contributed by atoms with E-state index in [1.54, 1.807) is 35.0 Å². The average molecular weight is 472 g/mol. The number of rotatable bonds is 4. The van der Waals surface area contributed by atoms with Crippen molar-refractivity contribution in [1.82, 2.24) is 14.8 Å².